The molecule has 0 aliphatic carbocycles. The number of halogens is 3. The normalized spacial score (nSPS) is 14.0. The minimum Gasteiger partial charge on any atom is -0.495 e. The van der Waals surface area contributed by atoms with Gasteiger partial charge in [0.1, 0.15) is 29.0 Å². The minimum atomic E-state index is -3.35. The lowest BCUT2D eigenvalue weighted by atomic mass is 10.00. The topological polar surface area (TPSA) is 136 Å². The van der Waals surface area contributed by atoms with Crippen molar-refractivity contribution in [1.29, 1.82) is 5.26 Å². The van der Waals surface area contributed by atoms with Gasteiger partial charge in [0.2, 0.25) is 0 Å². The SMILES string of the molecule is CN(C)C(=O)c1ccnn1C.COc1ccc(C(=O)NC2=C3C(=O)N(c4ccc(C(F)(F)c5ccc(F)cc5)cc4)CCN3NC2)cc1C#N. The van der Waals surface area contributed by atoms with Gasteiger partial charge in [-0.15, -0.1) is 0 Å². The predicted octanol–water partition coefficient (Wildman–Crippen LogP) is 3.78. The van der Waals surface area contributed by atoms with E-state index in [0.717, 1.165) is 24.3 Å². The minimum absolute atomic E-state index is 0.0231. The lowest BCUT2D eigenvalue weighted by Crippen LogP contribution is -2.50. The zero-order valence-corrected chi connectivity index (χ0v) is 27.6. The number of aromatic nitrogens is 2. The maximum atomic E-state index is 15.0. The number of hydrogen-bond donors (Lipinski definition) is 2. The summed E-state index contributed by atoms with van der Waals surface area (Å²) in [6.07, 6.45) is 1.61. The number of amides is 3. The number of carbonyl (C=O) groups excluding carboxylic acids is 3. The van der Waals surface area contributed by atoms with Gasteiger partial charge in [-0.25, -0.2) is 9.82 Å². The Morgan fingerprint density at radius 2 is 1.68 bits per heavy atom. The smallest absolute Gasteiger partial charge is 0.298 e. The van der Waals surface area contributed by atoms with Crippen LogP contribution < -0.4 is 20.4 Å². The molecule has 0 spiro atoms. The van der Waals surface area contributed by atoms with E-state index >= 15 is 0 Å². The molecule has 3 heterocycles. The van der Waals surface area contributed by atoms with Crippen LogP contribution in [-0.4, -0.2) is 78.3 Å². The second kappa shape index (κ2) is 14.5. The molecule has 258 valence electrons. The quantitative estimate of drug-likeness (QED) is 0.300. The highest BCUT2D eigenvalue weighted by atomic mass is 19.3. The summed E-state index contributed by atoms with van der Waals surface area (Å²) in [7, 11) is 6.60. The number of aryl methyl sites for hydroxylation is 1. The van der Waals surface area contributed by atoms with Crippen molar-refractivity contribution in [2.24, 2.45) is 7.05 Å². The summed E-state index contributed by atoms with van der Waals surface area (Å²) in [5.74, 6) is -4.55. The number of nitriles is 1. The molecule has 3 aromatic carbocycles. The highest BCUT2D eigenvalue weighted by Crippen LogP contribution is 2.37. The molecule has 0 saturated carbocycles. The second-order valence-corrected chi connectivity index (χ2v) is 11.4. The highest BCUT2D eigenvalue weighted by Gasteiger charge is 2.38. The monoisotopic (exact) mass is 686 g/mol. The molecule has 2 N–H and O–H groups in total. The first kappa shape index (κ1) is 35.2. The lowest BCUT2D eigenvalue weighted by Gasteiger charge is -2.34. The van der Waals surface area contributed by atoms with Crippen LogP contribution in [0.3, 0.4) is 0 Å². The van der Waals surface area contributed by atoms with E-state index in [9.17, 15) is 32.8 Å². The van der Waals surface area contributed by atoms with E-state index in [0.29, 0.717) is 29.4 Å². The number of fused-ring (bicyclic) bond motifs is 1. The largest absolute Gasteiger partial charge is 0.495 e. The average molecular weight is 687 g/mol. The molecule has 3 amide bonds. The molecule has 4 aromatic rings. The summed E-state index contributed by atoms with van der Waals surface area (Å²) in [6.45, 7) is 0.883. The van der Waals surface area contributed by atoms with Gasteiger partial charge >= 0.3 is 0 Å². The van der Waals surface area contributed by atoms with E-state index in [4.69, 9.17) is 4.74 Å². The van der Waals surface area contributed by atoms with Crippen LogP contribution in [0.25, 0.3) is 0 Å². The zero-order valence-electron chi connectivity index (χ0n) is 27.6. The first-order chi connectivity index (χ1) is 23.8. The Balaban J connectivity index is 0.000000377. The van der Waals surface area contributed by atoms with E-state index in [2.05, 4.69) is 15.8 Å². The highest BCUT2D eigenvalue weighted by molar-refractivity contribution is 6.07. The van der Waals surface area contributed by atoms with E-state index in [-0.39, 0.29) is 46.9 Å². The standard InChI is InChI=1S/C28H22F3N5O3.C7H11N3O/c1-39-24-11-2-17(14-18(24)15-32)26(37)34-23-16-33-36-13-12-35(27(38)25(23)36)22-9-5-20(6-10-22)28(30,31)19-3-7-21(29)8-4-19;1-9(2)7(11)6-4-5-8-10(6)3/h2-11,14,33H,12-13,16H2,1H3,(H,34,37);4-5H,1-3H3. The first-order valence-corrected chi connectivity index (χ1v) is 15.2. The molecule has 0 unspecified atom stereocenters. The Bertz CT molecular complexity index is 1990. The molecule has 2 aliphatic rings. The third-order valence-electron chi connectivity index (χ3n) is 8.04. The van der Waals surface area contributed by atoms with Gasteiger partial charge in [0.05, 0.1) is 31.5 Å². The van der Waals surface area contributed by atoms with Crippen molar-refractivity contribution in [3.05, 3.63) is 124 Å². The summed E-state index contributed by atoms with van der Waals surface area (Å²) >= 11 is 0. The van der Waals surface area contributed by atoms with Crippen LogP contribution in [0.5, 0.6) is 5.75 Å². The molecule has 0 bridgehead atoms. The number of nitrogens with one attached hydrogen (secondary N) is 2. The van der Waals surface area contributed by atoms with Crippen molar-refractivity contribution in [3.8, 4) is 11.8 Å². The molecule has 15 heteroatoms. The Hall–Kier alpha value is -6.14. The number of piperazine rings is 1. The van der Waals surface area contributed by atoms with Crippen LogP contribution in [-0.2, 0) is 17.8 Å². The van der Waals surface area contributed by atoms with Crippen molar-refractivity contribution in [3.63, 3.8) is 0 Å². The molecule has 2 aliphatic heterocycles. The summed E-state index contributed by atoms with van der Waals surface area (Å²) in [5.41, 5.74) is 4.44. The van der Waals surface area contributed by atoms with E-state index in [1.54, 1.807) is 43.1 Å². The average Bonchev–Trinajstić information content (AvgIpc) is 3.74. The fourth-order valence-corrected chi connectivity index (χ4v) is 5.35. The number of hydrogen-bond acceptors (Lipinski definition) is 8. The summed E-state index contributed by atoms with van der Waals surface area (Å²) in [6, 6.07) is 17.5. The van der Waals surface area contributed by atoms with Crippen LogP contribution in [0.4, 0.5) is 18.9 Å². The number of nitrogens with zero attached hydrogens (tertiary/aromatic N) is 6. The molecule has 12 nitrogen and oxygen atoms in total. The van der Waals surface area contributed by atoms with Gasteiger partial charge in [-0.3, -0.25) is 24.1 Å². The summed E-state index contributed by atoms with van der Waals surface area (Å²) in [4.78, 5) is 40.6. The van der Waals surface area contributed by atoms with Gasteiger partial charge in [0, 0.05) is 56.3 Å². The van der Waals surface area contributed by atoms with Crippen molar-refractivity contribution in [2.75, 3.05) is 45.7 Å². The molecule has 1 fully saturated rings. The summed E-state index contributed by atoms with van der Waals surface area (Å²) < 4.78 is 49.8. The van der Waals surface area contributed by atoms with Crippen LogP contribution in [0.2, 0.25) is 0 Å². The molecule has 1 saturated heterocycles. The maximum Gasteiger partial charge on any atom is 0.298 e. The second-order valence-electron chi connectivity index (χ2n) is 11.4. The molecule has 0 radical (unpaired) electrons. The number of anilines is 1. The third-order valence-corrected chi connectivity index (χ3v) is 8.04. The molecule has 1 aromatic heterocycles. The molecular formula is C35H33F3N8O4. The number of methoxy groups -OCH3 is 1. The van der Waals surface area contributed by atoms with Gasteiger partial charge in [0.25, 0.3) is 23.6 Å². The Labute approximate surface area is 285 Å². The van der Waals surface area contributed by atoms with Crippen LogP contribution in [0, 0.1) is 17.1 Å². The number of carbonyl (C=O) groups is 3. The number of ether oxygens (including phenoxy) is 1. The molecular weight excluding hydrogens is 653 g/mol. The maximum absolute atomic E-state index is 15.0. The number of benzene rings is 3. The fourth-order valence-electron chi connectivity index (χ4n) is 5.35. The number of alkyl halides is 2. The third kappa shape index (κ3) is 7.15. The lowest BCUT2D eigenvalue weighted by molar-refractivity contribution is -0.118. The molecule has 50 heavy (non-hydrogen) atoms. The van der Waals surface area contributed by atoms with Crippen LogP contribution in [0.1, 0.15) is 37.5 Å². The van der Waals surface area contributed by atoms with E-state index in [1.165, 1.54) is 59.4 Å². The number of rotatable bonds is 7. The molecule has 6 rings (SSSR count). The van der Waals surface area contributed by atoms with Crippen LogP contribution >= 0.6 is 0 Å². The van der Waals surface area contributed by atoms with Crippen LogP contribution in [0.15, 0.2) is 90.4 Å². The molecule has 0 atom stereocenters. The Kier molecular flexibility index (Phi) is 10.2. The summed E-state index contributed by atoms with van der Waals surface area (Å²) in [5, 5.41) is 17.6. The van der Waals surface area contributed by atoms with Gasteiger partial charge in [0.15, 0.2) is 0 Å². The number of hydrazine groups is 1. The van der Waals surface area contributed by atoms with Gasteiger partial charge in [-0.1, -0.05) is 12.1 Å². The van der Waals surface area contributed by atoms with Crippen molar-refractivity contribution < 1.29 is 32.3 Å². The Morgan fingerprint density at radius 3 is 2.26 bits per heavy atom. The predicted molar refractivity (Wildman–Crippen MR) is 176 cm³/mol. The van der Waals surface area contributed by atoms with Gasteiger partial charge < -0.3 is 19.9 Å². The first-order valence-electron chi connectivity index (χ1n) is 15.2. The zero-order chi connectivity index (χ0) is 36.2. The van der Waals surface area contributed by atoms with E-state index in [1.807, 2.05) is 6.07 Å². The van der Waals surface area contributed by atoms with Crippen molar-refractivity contribution in [2.45, 2.75) is 5.92 Å². The van der Waals surface area contributed by atoms with Gasteiger partial charge in [-0.2, -0.15) is 19.1 Å². The Morgan fingerprint density at radius 1 is 1.02 bits per heavy atom. The van der Waals surface area contributed by atoms with Crippen molar-refractivity contribution >= 4 is 23.4 Å². The fraction of sp³-hybridized carbons (Fsp3) is 0.229. The van der Waals surface area contributed by atoms with Crippen molar-refractivity contribution in [1.82, 2.24) is 30.4 Å². The van der Waals surface area contributed by atoms with Gasteiger partial charge in [-0.05, 0) is 60.7 Å². The van der Waals surface area contributed by atoms with E-state index < -0.39 is 23.6 Å².